The Kier molecular flexibility index (Phi) is 4.22. The lowest BCUT2D eigenvalue weighted by Crippen LogP contribution is -2.52. The van der Waals surface area contributed by atoms with Gasteiger partial charge in [-0.05, 0) is 24.7 Å². The molecule has 1 aromatic heterocycles. The number of nitrogens with one attached hydrogen (secondary N) is 2. The highest BCUT2D eigenvalue weighted by Crippen LogP contribution is 2.53. The van der Waals surface area contributed by atoms with Crippen molar-refractivity contribution >= 4 is 12.0 Å². The predicted molar refractivity (Wildman–Crippen MR) is 86.8 cm³/mol. The summed E-state index contributed by atoms with van der Waals surface area (Å²) >= 11 is 0. The number of alkyl carbamates (subject to hydrolysis) is 1. The Morgan fingerprint density at radius 3 is 2.83 bits per heavy atom. The number of methoxy groups -OCH3 is 1. The molecule has 3 rings (SSSR count). The van der Waals surface area contributed by atoms with E-state index in [0.29, 0.717) is 17.4 Å². The van der Waals surface area contributed by atoms with E-state index in [1.807, 2.05) is 18.7 Å². The minimum absolute atomic E-state index is 0.0482. The molecule has 2 fully saturated rings. The first kappa shape index (κ1) is 16.4. The zero-order valence-electron chi connectivity index (χ0n) is 14.1. The summed E-state index contributed by atoms with van der Waals surface area (Å²) in [5.41, 5.74) is 0.603. The van der Waals surface area contributed by atoms with E-state index in [1.54, 1.807) is 6.20 Å². The molecule has 2 N–H and O–H groups in total. The van der Waals surface area contributed by atoms with Gasteiger partial charge in [-0.3, -0.25) is 4.79 Å². The van der Waals surface area contributed by atoms with Gasteiger partial charge in [0.25, 0.3) is 0 Å². The Bertz CT molecular complexity index is 690. The molecule has 0 bridgehead atoms. The van der Waals surface area contributed by atoms with Crippen molar-refractivity contribution in [2.75, 3.05) is 7.11 Å². The zero-order chi connectivity index (χ0) is 17.4. The molecule has 2 heterocycles. The lowest BCUT2D eigenvalue weighted by atomic mass is 10.0. The highest BCUT2D eigenvalue weighted by atomic mass is 16.5. The van der Waals surface area contributed by atoms with Gasteiger partial charge in [0.2, 0.25) is 5.91 Å². The Labute approximate surface area is 141 Å². The highest BCUT2D eigenvalue weighted by Gasteiger charge is 2.56. The average Bonchev–Trinajstić information content (AvgIpc) is 3.01. The van der Waals surface area contributed by atoms with Crippen LogP contribution in [0.2, 0.25) is 0 Å². The number of H-pyrrole nitrogens is 1. The molecule has 24 heavy (non-hydrogen) atoms. The molecule has 1 aliphatic heterocycles. The van der Waals surface area contributed by atoms with Gasteiger partial charge < -0.3 is 19.9 Å². The van der Waals surface area contributed by atoms with E-state index in [2.05, 4.69) is 25.9 Å². The van der Waals surface area contributed by atoms with E-state index in [-0.39, 0.29) is 23.9 Å². The molecule has 1 aliphatic carbocycles. The van der Waals surface area contributed by atoms with E-state index in [0.717, 1.165) is 12.8 Å². The quantitative estimate of drug-likeness (QED) is 0.818. The van der Waals surface area contributed by atoms with Crippen LogP contribution in [0.5, 0.6) is 0 Å². The number of rotatable bonds is 4. The summed E-state index contributed by atoms with van der Waals surface area (Å²) in [6.45, 7) is 3.80. The van der Waals surface area contributed by atoms with Crippen molar-refractivity contribution in [2.24, 2.45) is 11.8 Å². The van der Waals surface area contributed by atoms with Crippen LogP contribution in [-0.4, -0.2) is 46.1 Å². The summed E-state index contributed by atoms with van der Waals surface area (Å²) in [6.07, 6.45) is 8.27. The first-order valence-corrected chi connectivity index (χ1v) is 8.14. The number of amides is 2. The highest BCUT2D eigenvalue weighted by molar-refractivity contribution is 5.87. The van der Waals surface area contributed by atoms with Crippen LogP contribution in [0, 0.1) is 24.2 Å². The van der Waals surface area contributed by atoms with Gasteiger partial charge in [-0.15, -0.1) is 6.42 Å². The van der Waals surface area contributed by atoms with E-state index in [1.165, 1.54) is 7.11 Å². The molecule has 1 saturated carbocycles. The van der Waals surface area contributed by atoms with Crippen LogP contribution < -0.4 is 5.32 Å². The average molecular weight is 330 g/mol. The number of carbonyl (C=O) groups is 2. The van der Waals surface area contributed by atoms with Gasteiger partial charge in [0, 0.05) is 6.04 Å². The summed E-state index contributed by atoms with van der Waals surface area (Å²) in [5, 5.41) is 2.65. The molecule has 7 nitrogen and oxygen atoms in total. The number of fused-ring (bicyclic) bond motifs is 1. The van der Waals surface area contributed by atoms with Crippen LogP contribution in [0.4, 0.5) is 4.79 Å². The SMILES string of the molecule is C#Cc1cnc([C@@H]2C[C@H]3C[C@H]3N2C(=O)C(NC(=O)OC)C(C)C)[nH]1. The maximum Gasteiger partial charge on any atom is 0.407 e. The van der Waals surface area contributed by atoms with Crippen LogP contribution in [0.15, 0.2) is 6.20 Å². The number of nitrogens with zero attached hydrogens (tertiary/aromatic N) is 2. The summed E-state index contributed by atoms with van der Waals surface area (Å²) in [4.78, 5) is 34.0. The number of piperidine rings is 1. The number of aromatic amines is 1. The third kappa shape index (κ3) is 2.84. The molecule has 0 spiro atoms. The second-order valence-corrected chi connectivity index (χ2v) is 6.74. The van der Waals surface area contributed by atoms with Crippen LogP contribution >= 0.6 is 0 Å². The maximum absolute atomic E-state index is 13.1. The molecule has 1 saturated heterocycles. The smallest absolute Gasteiger partial charge is 0.407 e. The van der Waals surface area contributed by atoms with Crippen molar-refractivity contribution in [1.82, 2.24) is 20.2 Å². The predicted octanol–water partition coefficient (Wildman–Crippen LogP) is 1.43. The van der Waals surface area contributed by atoms with E-state index in [4.69, 9.17) is 6.42 Å². The van der Waals surface area contributed by atoms with Crippen LogP contribution in [0.1, 0.15) is 44.2 Å². The minimum Gasteiger partial charge on any atom is -0.453 e. The van der Waals surface area contributed by atoms with Gasteiger partial charge in [0.15, 0.2) is 0 Å². The second-order valence-electron chi connectivity index (χ2n) is 6.74. The summed E-state index contributed by atoms with van der Waals surface area (Å²) in [7, 11) is 1.29. The molecular weight excluding hydrogens is 308 g/mol. The fourth-order valence-corrected chi connectivity index (χ4v) is 3.46. The number of hydrogen-bond donors (Lipinski definition) is 2. The maximum atomic E-state index is 13.1. The largest absolute Gasteiger partial charge is 0.453 e. The van der Waals surface area contributed by atoms with Crippen molar-refractivity contribution in [3.8, 4) is 12.3 Å². The fraction of sp³-hybridized carbons (Fsp3) is 0.588. The monoisotopic (exact) mass is 330 g/mol. The molecule has 1 unspecified atom stereocenters. The van der Waals surface area contributed by atoms with Gasteiger partial charge in [0.1, 0.15) is 17.6 Å². The molecule has 7 heteroatoms. The minimum atomic E-state index is -0.624. The van der Waals surface area contributed by atoms with Crippen molar-refractivity contribution in [2.45, 2.75) is 44.8 Å². The molecular formula is C17H22N4O3. The number of imidazole rings is 1. The number of carbonyl (C=O) groups excluding carboxylic acids is 2. The van der Waals surface area contributed by atoms with Gasteiger partial charge in [-0.2, -0.15) is 0 Å². The number of hydrogen-bond acceptors (Lipinski definition) is 4. The molecule has 1 aromatic rings. The Hall–Kier alpha value is -2.49. The van der Waals surface area contributed by atoms with E-state index >= 15 is 0 Å². The molecule has 0 radical (unpaired) electrons. The van der Waals surface area contributed by atoms with Gasteiger partial charge in [-0.25, -0.2) is 9.78 Å². The third-order valence-electron chi connectivity index (χ3n) is 4.82. The molecule has 0 aromatic carbocycles. The number of terminal acetylenes is 1. The van der Waals surface area contributed by atoms with Crippen molar-refractivity contribution in [3.05, 3.63) is 17.7 Å². The molecule has 4 atom stereocenters. The summed E-state index contributed by atoms with van der Waals surface area (Å²) in [5.74, 6) is 3.59. The Morgan fingerprint density at radius 1 is 1.50 bits per heavy atom. The first-order valence-electron chi connectivity index (χ1n) is 8.14. The topological polar surface area (TPSA) is 87.3 Å². The van der Waals surface area contributed by atoms with Gasteiger partial charge in [-0.1, -0.05) is 19.8 Å². The lowest BCUT2D eigenvalue weighted by molar-refractivity contribution is -0.136. The van der Waals surface area contributed by atoms with E-state index < -0.39 is 12.1 Å². The van der Waals surface area contributed by atoms with Crippen LogP contribution in [0.3, 0.4) is 0 Å². The molecule has 128 valence electrons. The lowest BCUT2D eigenvalue weighted by Gasteiger charge is -2.31. The van der Waals surface area contributed by atoms with Crippen molar-refractivity contribution in [3.63, 3.8) is 0 Å². The number of aromatic nitrogens is 2. The van der Waals surface area contributed by atoms with E-state index in [9.17, 15) is 9.59 Å². The van der Waals surface area contributed by atoms with Gasteiger partial charge in [0.05, 0.1) is 19.3 Å². The third-order valence-corrected chi connectivity index (χ3v) is 4.82. The van der Waals surface area contributed by atoms with Crippen LogP contribution in [-0.2, 0) is 9.53 Å². The molecule has 2 aliphatic rings. The van der Waals surface area contributed by atoms with Gasteiger partial charge >= 0.3 is 6.09 Å². The normalized spacial score (nSPS) is 25.8. The zero-order valence-corrected chi connectivity index (χ0v) is 14.1. The second kappa shape index (κ2) is 6.19. The summed E-state index contributed by atoms with van der Waals surface area (Å²) < 4.78 is 4.65. The number of ether oxygens (including phenoxy) is 1. The fourth-order valence-electron chi connectivity index (χ4n) is 3.46. The first-order chi connectivity index (χ1) is 11.5. The summed E-state index contributed by atoms with van der Waals surface area (Å²) in [6, 6.07) is -0.520. The standard InChI is InChI=1S/C17H22N4O3/c1-5-11-8-18-15(19-11)13-7-10-6-12(10)21(13)16(22)14(9(2)3)20-17(23)24-4/h1,8-10,12-14H,6-7H2,2-4H3,(H,18,19)(H,20,23)/t10-,12-,13+,14?/m1/s1. The van der Waals surface area contributed by atoms with Crippen molar-refractivity contribution < 1.29 is 14.3 Å². The Balaban J connectivity index is 1.83. The van der Waals surface area contributed by atoms with Crippen molar-refractivity contribution in [1.29, 1.82) is 0 Å². The number of likely N-dealkylation sites (tertiary alicyclic amines) is 1. The molecule has 2 amide bonds. The van der Waals surface area contributed by atoms with Crippen LogP contribution in [0.25, 0.3) is 0 Å². The Morgan fingerprint density at radius 2 is 2.25 bits per heavy atom.